The molecule has 1 unspecified atom stereocenters. The maximum absolute atomic E-state index is 12.4. The third-order valence-corrected chi connectivity index (χ3v) is 3.76. The van der Waals surface area contributed by atoms with Gasteiger partial charge in [0.25, 0.3) is 11.8 Å². The van der Waals surface area contributed by atoms with Gasteiger partial charge in [-0.3, -0.25) is 19.3 Å². The number of fused-ring (bicyclic) bond motifs is 1. The summed E-state index contributed by atoms with van der Waals surface area (Å²) in [4.78, 5) is 37.2. The molecule has 0 bridgehead atoms. The molecule has 2 aliphatic rings. The number of aryl methyl sites for hydroxylation is 1. The maximum Gasteiger partial charge on any atom is 0.262 e. The molecule has 0 saturated carbocycles. The lowest BCUT2D eigenvalue weighted by atomic mass is 10.0. The zero-order valence-electron chi connectivity index (χ0n) is 10.6. The molecule has 1 atom stereocenters. The summed E-state index contributed by atoms with van der Waals surface area (Å²) in [6.45, 7) is 2.18. The van der Waals surface area contributed by atoms with Crippen molar-refractivity contribution in [3.05, 3.63) is 34.9 Å². The van der Waals surface area contributed by atoms with Gasteiger partial charge in [-0.25, -0.2) is 0 Å². The van der Waals surface area contributed by atoms with E-state index >= 15 is 0 Å². The van der Waals surface area contributed by atoms with Gasteiger partial charge in [-0.15, -0.1) is 0 Å². The van der Waals surface area contributed by atoms with Crippen LogP contribution in [0.3, 0.4) is 0 Å². The van der Waals surface area contributed by atoms with Gasteiger partial charge in [-0.1, -0.05) is 12.1 Å². The Morgan fingerprint density at radius 3 is 2.63 bits per heavy atom. The molecule has 1 N–H and O–H groups in total. The number of benzene rings is 1. The summed E-state index contributed by atoms with van der Waals surface area (Å²) in [6, 6.07) is 5.07. The van der Waals surface area contributed by atoms with E-state index in [1.54, 1.807) is 12.1 Å². The van der Waals surface area contributed by atoms with Gasteiger partial charge in [-0.05, 0) is 25.0 Å². The first-order valence-corrected chi connectivity index (χ1v) is 6.34. The lowest BCUT2D eigenvalue weighted by Crippen LogP contribution is -2.50. The van der Waals surface area contributed by atoms with Crippen molar-refractivity contribution in [3.8, 4) is 0 Å². The van der Waals surface area contributed by atoms with Crippen LogP contribution in [0.5, 0.6) is 0 Å². The van der Waals surface area contributed by atoms with Crippen molar-refractivity contribution in [2.75, 3.05) is 6.54 Å². The SMILES string of the molecule is Cc1cccc2c1C(=O)N(C1CCC(=O)NC1)C2=O. The molecule has 0 spiro atoms. The second kappa shape index (κ2) is 4.19. The van der Waals surface area contributed by atoms with E-state index in [0.29, 0.717) is 30.5 Å². The van der Waals surface area contributed by atoms with Crippen LogP contribution in [0.15, 0.2) is 18.2 Å². The van der Waals surface area contributed by atoms with Crippen molar-refractivity contribution in [3.63, 3.8) is 0 Å². The molecule has 2 aliphatic heterocycles. The monoisotopic (exact) mass is 258 g/mol. The smallest absolute Gasteiger partial charge is 0.262 e. The van der Waals surface area contributed by atoms with E-state index in [4.69, 9.17) is 0 Å². The van der Waals surface area contributed by atoms with Gasteiger partial charge in [-0.2, -0.15) is 0 Å². The summed E-state index contributed by atoms with van der Waals surface area (Å²) < 4.78 is 0. The lowest BCUT2D eigenvalue weighted by Gasteiger charge is -2.29. The zero-order valence-corrected chi connectivity index (χ0v) is 10.6. The molecule has 19 heavy (non-hydrogen) atoms. The first-order valence-electron chi connectivity index (χ1n) is 6.34. The largest absolute Gasteiger partial charge is 0.354 e. The van der Waals surface area contributed by atoms with E-state index in [0.717, 1.165) is 5.56 Å². The molecule has 3 rings (SSSR count). The van der Waals surface area contributed by atoms with Crippen LogP contribution >= 0.6 is 0 Å². The Balaban J connectivity index is 1.94. The Labute approximate surface area is 110 Å². The zero-order chi connectivity index (χ0) is 13.6. The second-order valence-electron chi connectivity index (χ2n) is 4.97. The van der Waals surface area contributed by atoms with Crippen LogP contribution in [0.25, 0.3) is 0 Å². The molecule has 1 aromatic carbocycles. The lowest BCUT2D eigenvalue weighted by molar-refractivity contribution is -0.123. The van der Waals surface area contributed by atoms with E-state index < -0.39 is 0 Å². The number of piperidine rings is 1. The predicted molar refractivity (Wildman–Crippen MR) is 67.7 cm³/mol. The van der Waals surface area contributed by atoms with Gasteiger partial charge in [0.1, 0.15) is 0 Å². The fourth-order valence-electron chi connectivity index (χ4n) is 2.74. The Bertz CT molecular complexity index is 584. The number of carbonyl (C=O) groups is 3. The number of hydrogen-bond donors (Lipinski definition) is 1. The number of nitrogens with one attached hydrogen (secondary N) is 1. The Kier molecular flexibility index (Phi) is 2.62. The van der Waals surface area contributed by atoms with Crippen LogP contribution in [0, 0.1) is 6.92 Å². The van der Waals surface area contributed by atoms with E-state index in [-0.39, 0.29) is 23.8 Å². The number of hydrogen-bond acceptors (Lipinski definition) is 3. The molecule has 1 fully saturated rings. The van der Waals surface area contributed by atoms with Crippen molar-refractivity contribution in [2.45, 2.75) is 25.8 Å². The highest BCUT2D eigenvalue weighted by atomic mass is 16.2. The Morgan fingerprint density at radius 1 is 1.21 bits per heavy atom. The Morgan fingerprint density at radius 2 is 2.00 bits per heavy atom. The van der Waals surface area contributed by atoms with Crippen molar-refractivity contribution in [2.24, 2.45) is 0 Å². The highest BCUT2D eigenvalue weighted by molar-refractivity contribution is 6.22. The van der Waals surface area contributed by atoms with E-state index in [1.807, 2.05) is 13.0 Å². The maximum atomic E-state index is 12.4. The van der Waals surface area contributed by atoms with Crippen LogP contribution in [-0.2, 0) is 4.79 Å². The molecule has 0 radical (unpaired) electrons. The quantitative estimate of drug-likeness (QED) is 0.760. The molecular weight excluding hydrogens is 244 g/mol. The second-order valence-corrected chi connectivity index (χ2v) is 4.97. The third kappa shape index (κ3) is 1.73. The summed E-state index contributed by atoms with van der Waals surface area (Å²) in [5.41, 5.74) is 1.80. The van der Waals surface area contributed by atoms with Gasteiger partial charge >= 0.3 is 0 Å². The van der Waals surface area contributed by atoms with Gasteiger partial charge in [0.15, 0.2) is 0 Å². The Hall–Kier alpha value is -2.17. The highest BCUT2D eigenvalue weighted by Gasteiger charge is 2.41. The van der Waals surface area contributed by atoms with E-state index in [2.05, 4.69) is 5.32 Å². The van der Waals surface area contributed by atoms with Crippen LogP contribution in [0.1, 0.15) is 39.1 Å². The molecule has 5 nitrogen and oxygen atoms in total. The minimum Gasteiger partial charge on any atom is -0.354 e. The minimum atomic E-state index is -0.246. The van der Waals surface area contributed by atoms with E-state index in [1.165, 1.54) is 4.90 Å². The van der Waals surface area contributed by atoms with Gasteiger partial charge < -0.3 is 5.32 Å². The van der Waals surface area contributed by atoms with Gasteiger partial charge in [0.05, 0.1) is 17.2 Å². The summed E-state index contributed by atoms with van der Waals surface area (Å²) in [5.74, 6) is -0.506. The minimum absolute atomic E-state index is 0.0240. The molecule has 1 saturated heterocycles. The van der Waals surface area contributed by atoms with E-state index in [9.17, 15) is 14.4 Å². The molecule has 98 valence electrons. The standard InChI is InChI=1S/C14H14N2O3/c1-8-3-2-4-10-12(8)14(19)16(13(10)18)9-5-6-11(17)15-7-9/h2-4,9H,5-7H2,1H3,(H,15,17). The molecule has 1 aromatic rings. The normalized spacial score (nSPS) is 22.5. The number of carbonyl (C=O) groups excluding carboxylic acids is 3. The van der Waals surface area contributed by atoms with Crippen molar-refractivity contribution < 1.29 is 14.4 Å². The summed E-state index contributed by atoms with van der Waals surface area (Å²) in [7, 11) is 0. The van der Waals surface area contributed by atoms with Crippen molar-refractivity contribution >= 4 is 17.7 Å². The number of nitrogens with zero attached hydrogens (tertiary/aromatic N) is 1. The van der Waals surface area contributed by atoms with Crippen LogP contribution < -0.4 is 5.32 Å². The molecule has 0 aliphatic carbocycles. The molecule has 3 amide bonds. The highest BCUT2D eigenvalue weighted by Crippen LogP contribution is 2.28. The third-order valence-electron chi connectivity index (χ3n) is 3.76. The first kappa shape index (κ1) is 11.9. The number of rotatable bonds is 1. The predicted octanol–water partition coefficient (Wildman–Crippen LogP) is 0.870. The summed E-state index contributed by atoms with van der Waals surface area (Å²) in [5, 5.41) is 2.71. The van der Waals surface area contributed by atoms with Gasteiger partial charge in [0, 0.05) is 13.0 Å². The summed E-state index contributed by atoms with van der Waals surface area (Å²) in [6.07, 6.45) is 0.896. The van der Waals surface area contributed by atoms with Crippen LogP contribution in [0.2, 0.25) is 0 Å². The molecular formula is C14H14N2O3. The number of amides is 3. The van der Waals surface area contributed by atoms with Crippen LogP contribution in [0.4, 0.5) is 0 Å². The fourth-order valence-corrected chi connectivity index (χ4v) is 2.74. The topological polar surface area (TPSA) is 66.5 Å². The van der Waals surface area contributed by atoms with Crippen molar-refractivity contribution in [1.29, 1.82) is 0 Å². The van der Waals surface area contributed by atoms with Gasteiger partial charge in [0.2, 0.25) is 5.91 Å². The molecule has 0 aromatic heterocycles. The van der Waals surface area contributed by atoms with Crippen molar-refractivity contribution in [1.82, 2.24) is 10.2 Å². The fraction of sp³-hybridized carbons (Fsp3) is 0.357. The first-order chi connectivity index (χ1) is 9.09. The average molecular weight is 258 g/mol. The number of imide groups is 1. The summed E-state index contributed by atoms with van der Waals surface area (Å²) >= 11 is 0. The average Bonchev–Trinajstić information content (AvgIpc) is 2.65. The van der Waals surface area contributed by atoms with Crippen LogP contribution in [-0.4, -0.2) is 35.2 Å². The molecule has 2 heterocycles. The molecule has 5 heteroatoms.